The molecule has 1 aromatic heterocycles. The van der Waals surface area contributed by atoms with Crippen molar-refractivity contribution in [1.29, 1.82) is 0 Å². The molecule has 0 unspecified atom stereocenters. The Hall–Kier alpha value is -1.76. The van der Waals surface area contributed by atoms with Crippen molar-refractivity contribution in [2.45, 2.75) is 32.1 Å². The maximum absolute atomic E-state index is 11.3. The van der Waals surface area contributed by atoms with Crippen LogP contribution in [0.1, 0.15) is 31.5 Å². The van der Waals surface area contributed by atoms with Crippen LogP contribution in [0.25, 0.3) is 0 Å². The Morgan fingerprint density at radius 1 is 1.56 bits per heavy atom. The topological polar surface area (TPSA) is 57.8 Å². The molecule has 0 saturated carbocycles. The second-order valence-corrected chi connectivity index (χ2v) is 3.55. The van der Waals surface area contributed by atoms with Crippen molar-refractivity contribution in [3.05, 3.63) is 18.2 Å². The third-order valence-corrected chi connectivity index (χ3v) is 2.21. The Balaban J connectivity index is 2.00. The first-order valence-corrected chi connectivity index (χ1v) is 5.51. The van der Waals surface area contributed by atoms with Crippen molar-refractivity contribution in [2.24, 2.45) is 0 Å². The number of nitrogens with one attached hydrogen (secondary N) is 2. The standard InChI is InChI=1S/C12H17N3O/c1-2-3-4-5-6-12(16)15-8-7-11-13-9-10-14-11/h1,9-10H,3-8H2,(H,13,14)(H,15,16). The van der Waals surface area contributed by atoms with E-state index in [-0.39, 0.29) is 5.91 Å². The molecule has 0 saturated heterocycles. The largest absolute Gasteiger partial charge is 0.356 e. The van der Waals surface area contributed by atoms with E-state index >= 15 is 0 Å². The van der Waals surface area contributed by atoms with Crippen molar-refractivity contribution in [2.75, 3.05) is 6.54 Å². The van der Waals surface area contributed by atoms with Crippen LogP contribution < -0.4 is 5.32 Å². The highest BCUT2D eigenvalue weighted by molar-refractivity contribution is 5.75. The number of aromatic nitrogens is 2. The summed E-state index contributed by atoms with van der Waals surface area (Å²) in [4.78, 5) is 18.4. The van der Waals surface area contributed by atoms with E-state index in [0.717, 1.165) is 31.5 Å². The Labute approximate surface area is 95.9 Å². The summed E-state index contributed by atoms with van der Waals surface area (Å²) in [6.45, 7) is 0.626. The van der Waals surface area contributed by atoms with Crippen LogP contribution in [0, 0.1) is 12.3 Å². The van der Waals surface area contributed by atoms with E-state index in [4.69, 9.17) is 6.42 Å². The molecule has 1 aromatic rings. The minimum Gasteiger partial charge on any atom is -0.356 e. The lowest BCUT2D eigenvalue weighted by molar-refractivity contribution is -0.121. The smallest absolute Gasteiger partial charge is 0.220 e. The van der Waals surface area contributed by atoms with Crippen LogP contribution in [-0.2, 0) is 11.2 Å². The highest BCUT2D eigenvalue weighted by Gasteiger charge is 2.00. The molecule has 0 spiro atoms. The van der Waals surface area contributed by atoms with Crippen molar-refractivity contribution in [3.63, 3.8) is 0 Å². The van der Waals surface area contributed by atoms with E-state index < -0.39 is 0 Å². The van der Waals surface area contributed by atoms with Crippen molar-refractivity contribution in [1.82, 2.24) is 15.3 Å². The van der Waals surface area contributed by atoms with Crippen LogP contribution >= 0.6 is 0 Å². The van der Waals surface area contributed by atoms with Gasteiger partial charge in [-0.2, -0.15) is 0 Å². The van der Waals surface area contributed by atoms with Gasteiger partial charge in [-0.1, -0.05) is 0 Å². The van der Waals surface area contributed by atoms with E-state index in [1.165, 1.54) is 0 Å². The Kier molecular flexibility index (Phi) is 5.79. The fraction of sp³-hybridized carbons (Fsp3) is 0.500. The molecule has 1 rings (SSSR count). The molecule has 4 heteroatoms. The molecule has 16 heavy (non-hydrogen) atoms. The summed E-state index contributed by atoms with van der Waals surface area (Å²) < 4.78 is 0. The average molecular weight is 219 g/mol. The Bertz CT molecular complexity index is 338. The molecule has 1 amide bonds. The summed E-state index contributed by atoms with van der Waals surface area (Å²) in [5.74, 6) is 3.54. The number of amides is 1. The summed E-state index contributed by atoms with van der Waals surface area (Å²) in [5, 5.41) is 2.85. The molecule has 0 aromatic carbocycles. The lowest BCUT2D eigenvalue weighted by Crippen LogP contribution is -2.25. The summed E-state index contributed by atoms with van der Waals surface area (Å²) in [5.41, 5.74) is 0. The maximum Gasteiger partial charge on any atom is 0.220 e. The molecule has 0 aliphatic rings. The second kappa shape index (κ2) is 7.52. The summed E-state index contributed by atoms with van der Waals surface area (Å²) in [7, 11) is 0. The van der Waals surface area contributed by atoms with Crippen LogP contribution in [0.5, 0.6) is 0 Å². The summed E-state index contributed by atoms with van der Waals surface area (Å²) in [6, 6.07) is 0. The van der Waals surface area contributed by atoms with E-state index in [1.807, 2.05) is 0 Å². The molecule has 0 fully saturated rings. The van der Waals surface area contributed by atoms with Gasteiger partial charge in [0.25, 0.3) is 0 Å². The zero-order valence-electron chi connectivity index (χ0n) is 9.33. The van der Waals surface area contributed by atoms with Gasteiger partial charge in [0.2, 0.25) is 5.91 Å². The molecule has 0 atom stereocenters. The van der Waals surface area contributed by atoms with Gasteiger partial charge in [-0.15, -0.1) is 12.3 Å². The zero-order chi connectivity index (χ0) is 11.6. The predicted octanol–water partition coefficient (Wildman–Crippen LogP) is 1.26. The van der Waals surface area contributed by atoms with Crippen molar-refractivity contribution < 1.29 is 4.79 Å². The van der Waals surface area contributed by atoms with E-state index in [0.29, 0.717) is 13.0 Å². The fourth-order valence-corrected chi connectivity index (χ4v) is 1.36. The van der Waals surface area contributed by atoms with E-state index in [9.17, 15) is 4.79 Å². The minimum atomic E-state index is 0.0866. The number of hydrogen-bond acceptors (Lipinski definition) is 2. The number of terminal acetylenes is 1. The first kappa shape index (κ1) is 12.3. The fourth-order valence-electron chi connectivity index (χ4n) is 1.36. The molecule has 86 valence electrons. The number of carbonyl (C=O) groups is 1. The molecule has 1 heterocycles. The van der Waals surface area contributed by atoms with E-state index in [2.05, 4.69) is 21.2 Å². The van der Waals surface area contributed by atoms with Crippen LogP contribution in [0.4, 0.5) is 0 Å². The first-order chi connectivity index (χ1) is 7.83. The Morgan fingerprint density at radius 2 is 2.44 bits per heavy atom. The van der Waals surface area contributed by atoms with Gasteiger partial charge in [-0.25, -0.2) is 4.98 Å². The monoisotopic (exact) mass is 219 g/mol. The molecule has 0 aliphatic heterocycles. The van der Waals surface area contributed by atoms with Gasteiger partial charge in [-0.3, -0.25) is 4.79 Å². The maximum atomic E-state index is 11.3. The van der Waals surface area contributed by atoms with Gasteiger partial charge in [0.05, 0.1) is 0 Å². The lowest BCUT2D eigenvalue weighted by Gasteiger charge is -2.03. The van der Waals surface area contributed by atoms with Gasteiger partial charge >= 0.3 is 0 Å². The quantitative estimate of drug-likeness (QED) is 0.536. The Morgan fingerprint density at radius 3 is 3.12 bits per heavy atom. The molecule has 2 N–H and O–H groups in total. The number of aromatic amines is 1. The average Bonchev–Trinajstić information content (AvgIpc) is 2.77. The lowest BCUT2D eigenvalue weighted by atomic mass is 10.2. The number of imidazole rings is 1. The zero-order valence-corrected chi connectivity index (χ0v) is 9.33. The highest BCUT2D eigenvalue weighted by Crippen LogP contribution is 1.98. The molecule has 0 aliphatic carbocycles. The van der Waals surface area contributed by atoms with E-state index in [1.54, 1.807) is 12.4 Å². The van der Waals surface area contributed by atoms with Gasteiger partial charge in [0.15, 0.2) is 0 Å². The van der Waals surface area contributed by atoms with Crippen molar-refractivity contribution in [3.8, 4) is 12.3 Å². The van der Waals surface area contributed by atoms with Gasteiger partial charge in [-0.05, 0) is 12.8 Å². The van der Waals surface area contributed by atoms with Crippen LogP contribution in [-0.4, -0.2) is 22.4 Å². The number of hydrogen-bond donors (Lipinski definition) is 2. The SMILES string of the molecule is C#CCCCCC(=O)NCCc1ncc[nH]1. The molecule has 0 bridgehead atoms. The number of rotatable bonds is 7. The molecular weight excluding hydrogens is 202 g/mol. The summed E-state index contributed by atoms with van der Waals surface area (Å²) in [6.07, 6.45) is 12.4. The molecule has 4 nitrogen and oxygen atoms in total. The first-order valence-electron chi connectivity index (χ1n) is 5.51. The third-order valence-electron chi connectivity index (χ3n) is 2.21. The number of nitrogens with zero attached hydrogens (tertiary/aromatic N) is 1. The van der Waals surface area contributed by atoms with Gasteiger partial charge in [0.1, 0.15) is 5.82 Å². The molecular formula is C12H17N3O. The van der Waals surface area contributed by atoms with Crippen LogP contribution in [0.2, 0.25) is 0 Å². The third kappa shape index (κ3) is 5.20. The minimum absolute atomic E-state index is 0.0866. The highest BCUT2D eigenvalue weighted by atomic mass is 16.1. The van der Waals surface area contributed by atoms with Crippen LogP contribution in [0.3, 0.4) is 0 Å². The second-order valence-electron chi connectivity index (χ2n) is 3.55. The van der Waals surface area contributed by atoms with Gasteiger partial charge in [0, 0.05) is 38.2 Å². The number of H-pyrrole nitrogens is 1. The molecule has 0 radical (unpaired) electrons. The van der Waals surface area contributed by atoms with Crippen molar-refractivity contribution >= 4 is 5.91 Å². The predicted molar refractivity (Wildman–Crippen MR) is 62.6 cm³/mol. The summed E-state index contributed by atoms with van der Waals surface area (Å²) >= 11 is 0. The van der Waals surface area contributed by atoms with Crippen LogP contribution in [0.15, 0.2) is 12.4 Å². The number of carbonyl (C=O) groups excluding carboxylic acids is 1. The normalized spacial score (nSPS) is 9.69. The van der Waals surface area contributed by atoms with Gasteiger partial charge < -0.3 is 10.3 Å². The number of unbranched alkanes of at least 4 members (excludes halogenated alkanes) is 2.